The standard InChI is InChI=1S/C27H26FN3O2/c28-21-13-11-20(12-14-21)19-9-7-18(8-10-19)16-31-17-22(26-24(31)5-3-15-29-26)27(33)30-23-4-1-2-6-25(23)32/h3,5,7-15,17,23,25,32H,1-2,4,6,16H2,(H,30,33). The van der Waals surface area contributed by atoms with Gasteiger partial charge in [0.05, 0.1) is 23.2 Å². The van der Waals surface area contributed by atoms with Crippen molar-refractivity contribution < 1.29 is 14.3 Å². The molecule has 0 bridgehead atoms. The molecule has 0 aliphatic heterocycles. The molecule has 5 rings (SSSR count). The number of aliphatic hydroxyl groups is 1. The van der Waals surface area contributed by atoms with Crippen molar-refractivity contribution in [3.8, 4) is 11.1 Å². The van der Waals surface area contributed by atoms with E-state index in [1.165, 1.54) is 12.1 Å². The van der Waals surface area contributed by atoms with Crippen LogP contribution in [0, 0.1) is 5.82 Å². The fourth-order valence-electron chi connectivity index (χ4n) is 4.59. The third kappa shape index (κ3) is 4.52. The number of carbonyl (C=O) groups excluding carboxylic acids is 1. The van der Waals surface area contributed by atoms with Gasteiger partial charge in [-0.1, -0.05) is 49.2 Å². The van der Waals surface area contributed by atoms with E-state index in [4.69, 9.17) is 0 Å². The molecule has 2 N–H and O–H groups in total. The van der Waals surface area contributed by atoms with E-state index in [1.54, 1.807) is 18.3 Å². The lowest BCUT2D eigenvalue weighted by atomic mass is 9.92. The van der Waals surface area contributed by atoms with Crippen LogP contribution in [0.5, 0.6) is 0 Å². The van der Waals surface area contributed by atoms with Crippen molar-refractivity contribution in [3.05, 3.63) is 90.0 Å². The first-order valence-electron chi connectivity index (χ1n) is 11.4. The van der Waals surface area contributed by atoms with Crippen LogP contribution in [0.2, 0.25) is 0 Å². The summed E-state index contributed by atoms with van der Waals surface area (Å²) < 4.78 is 15.2. The number of fused-ring (bicyclic) bond motifs is 1. The Morgan fingerprint density at radius 1 is 1.03 bits per heavy atom. The number of halogens is 1. The summed E-state index contributed by atoms with van der Waals surface area (Å²) in [6.45, 7) is 0.589. The maximum absolute atomic E-state index is 13.2. The molecule has 4 aromatic rings. The molecule has 2 heterocycles. The Balaban J connectivity index is 1.38. The average Bonchev–Trinajstić information content (AvgIpc) is 3.20. The number of aromatic nitrogens is 2. The third-order valence-electron chi connectivity index (χ3n) is 6.41. The highest BCUT2D eigenvalue weighted by molar-refractivity contribution is 6.05. The number of hydrogen-bond acceptors (Lipinski definition) is 3. The minimum Gasteiger partial charge on any atom is -0.391 e. The van der Waals surface area contributed by atoms with Crippen LogP contribution in [-0.4, -0.2) is 32.7 Å². The summed E-state index contributed by atoms with van der Waals surface area (Å²) in [6.07, 6.45) is 6.55. The van der Waals surface area contributed by atoms with Gasteiger partial charge < -0.3 is 15.0 Å². The molecular weight excluding hydrogens is 417 g/mol. The molecule has 5 nitrogen and oxygen atoms in total. The zero-order valence-electron chi connectivity index (χ0n) is 18.2. The highest BCUT2D eigenvalue weighted by atomic mass is 19.1. The molecule has 2 aromatic carbocycles. The average molecular weight is 444 g/mol. The van der Waals surface area contributed by atoms with Gasteiger partial charge in [0.15, 0.2) is 0 Å². The fraction of sp³-hybridized carbons (Fsp3) is 0.259. The lowest BCUT2D eigenvalue weighted by Gasteiger charge is -2.28. The highest BCUT2D eigenvalue weighted by Gasteiger charge is 2.26. The summed E-state index contributed by atoms with van der Waals surface area (Å²) in [5.41, 5.74) is 5.12. The lowest BCUT2D eigenvalue weighted by molar-refractivity contribution is 0.0718. The second-order valence-corrected chi connectivity index (χ2v) is 8.68. The van der Waals surface area contributed by atoms with E-state index in [2.05, 4.69) is 10.3 Å². The van der Waals surface area contributed by atoms with Gasteiger partial charge in [0.2, 0.25) is 0 Å². The molecule has 2 aromatic heterocycles. The zero-order chi connectivity index (χ0) is 22.8. The molecule has 1 saturated carbocycles. The van der Waals surface area contributed by atoms with Gasteiger partial charge in [0.1, 0.15) is 11.3 Å². The summed E-state index contributed by atoms with van der Waals surface area (Å²) in [7, 11) is 0. The predicted octanol–water partition coefficient (Wildman–Crippen LogP) is 4.92. The molecule has 1 amide bonds. The van der Waals surface area contributed by atoms with E-state index < -0.39 is 6.10 Å². The molecule has 2 unspecified atom stereocenters. The summed E-state index contributed by atoms with van der Waals surface area (Å²) in [4.78, 5) is 17.5. The van der Waals surface area contributed by atoms with E-state index in [0.717, 1.165) is 47.9 Å². The van der Waals surface area contributed by atoms with E-state index >= 15 is 0 Å². The van der Waals surface area contributed by atoms with Gasteiger partial charge in [0, 0.05) is 18.9 Å². The van der Waals surface area contributed by atoms with Crippen molar-refractivity contribution in [2.24, 2.45) is 0 Å². The number of pyridine rings is 1. The summed E-state index contributed by atoms with van der Waals surface area (Å²) in [6, 6.07) is 18.2. The number of aliphatic hydroxyl groups excluding tert-OH is 1. The number of benzene rings is 2. The first kappa shape index (κ1) is 21.3. The normalized spacial score (nSPS) is 18.4. The Morgan fingerprint density at radius 2 is 1.73 bits per heavy atom. The van der Waals surface area contributed by atoms with Gasteiger partial charge >= 0.3 is 0 Å². The second-order valence-electron chi connectivity index (χ2n) is 8.68. The molecule has 2 atom stereocenters. The van der Waals surface area contributed by atoms with Crippen molar-refractivity contribution >= 4 is 16.9 Å². The van der Waals surface area contributed by atoms with Gasteiger partial charge in [0.25, 0.3) is 5.91 Å². The summed E-state index contributed by atoms with van der Waals surface area (Å²) in [5.74, 6) is -0.448. The lowest BCUT2D eigenvalue weighted by Crippen LogP contribution is -2.45. The number of hydrogen-bond donors (Lipinski definition) is 2. The van der Waals surface area contributed by atoms with Crippen molar-refractivity contribution in [2.45, 2.75) is 44.4 Å². The van der Waals surface area contributed by atoms with Crippen LogP contribution in [0.25, 0.3) is 22.2 Å². The predicted molar refractivity (Wildman–Crippen MR) is 126 cm³/mol. The van der Waals surface area contributed by atoms with Gasteiger partial charge in [-0.15, -0.1) is 0 Å². The number of nitrogens with zero attached hydrogens (tertiary/aromatic N) is 2. The SMILES string of the molecule is O=C(NC1CCCCC1O)c1cn(Cc2ccc(-c3ccc(F)cc3)cc2)c2cccnc12. The molecule has 0 saturated heterocycles. The molecule has 1 fully saturated rings. The first-order valence-corrected chi connectivity index (χ1v) is 11.4. The minimum atomic E-state index is -0.497. The smallest absolute Gasteiger partial charge is 0.255 e. The van der Waals surface area contributed by atoms with E-state index in [9.17, 15) is 14.3 Å². The Morgan fingerprint density at radius 3 is 2.45 bits per heavy atom. The Kier molecular flexibility index (Phi) is 5.92. The maximum atomic E-state index is 13.2. The Bertz CT molecular complexity index is 1270. The summed E-state index contributed by atoms with van der Waals surface area (Å²) in [5, 5.41) is 13.3. The van der Waals surface area contributed by atoms with Crippen LogP contribution in [-0.2, 0) is 6.54 Å². The molecule has 168 valence electrons. The molecule has 1 aliphatic carbocycles. The monoisotopic (exact) mass is 443 g/mol. The van der Waals surface area contributed by atoms with Crippen molar-refractivity contribution in [3.63, 3.8) is 0 Å². The topological polar surface area (TPSA) is 67.2 Å². The fourth-order valence-corrected chi connectivity index (χ4v) is 4.59. The molecule has 0 spiro atoms. The molecular formula is C27H26FN3O2. The number of rotatable bonds is 5. The minimum absolute atomic E-state index is 0.199. The molecule has 1 aliphatic rings. The van der Waals surface area contributed by atoms with Gasteiger partial charge in [-0.05, 0) is 53.8 Å². The second kappa shape index (κ2) is 9.16. The highest BCUT2D eigenvalue weighted by Crippen LogP contribution is 2.24. The van der Waals surface area contributed by atoms with Crippen LogP contribution >= 0.6 is 0 Å². The van der Waals surface area contributed by atoms with Crippen LogP contribution in [0.4, 0.5) is 4.39 Å². The molecule has 6 heteroatoms. The van der Waals surface area contributed by atoms with Crippen molar-refractivity contribution in [2.75, 3.05) is 0 Å². The molecule has 33 heavy (non-hydrogen) atoms. The first-order chi connectivity index (χ1) is 16.1. The number of nitrogens with one attached hydrogen (secondary N) is 1. The van der Waals surface area contributed by atoms with Gasteiger partial charge in [-0.3, -0.25) is 9.78 Å². The van der Waals surface area contributed by atoms with Crippen LogP contribution in [0.15, 0.2) is 73.1 Å². The zero-order valence-corrected chi connectivity index (χ0v) is 18.2. The summed E-state index contributed by atoms with van der Waals surface area (Å²) >= 11 is 0. The number of carbonyl (C=O) groups is 1. The Hall–Kier alpha value is -3.51. The van der Waals surface area contributed by atoms with Gasteiger partial charge in [-0.25, -0.2) is 4.39 Å². The van der Waals surface area contributed by atoms with Crippen LogP contribution in [0.3, 0.4) is 0 Å². The Labute approximate surface area is 191 Å². The quantitative estimate of drug-likeness (QED) is 0.460. The molecule has 0 radical (unpaired) electrons. The van der Waals surface area contributed by atoms with Gasteiger partial charge in [-0.2, -0.15) is 0 Å². The van der Waals surface area contributed by atoms with Crippen molar-refractivity contribution in [1.82, 2.24) is 14.9 Å². The maximum Gasteiger partial charge on any atom is 0.255 e. The van der Waals surface area contributed by atoms with E-state index in [1.807, 2.05) is 47.2 Å². The number of amides is 1. The van der Waals surface area contributed by atoms with Crippen LogP contribution < -0.4 is 5.32 Å². The largest absolute Gasteiger partial charge is 0.391 e. The third-order valence-corrected chi connectivity index (χ3v) is 6.41. The van der Waals surface area contributed by atoms with E-state index in [-0.39, 0.29) is 17.8 Å². The van der Waals surface area contributed by atoms with E-state index in [0.29, 0.717) is 17.6 Å². The van der Waals surface area contributed by atoms with Crippen LogP contribution in [0.1, 0.15) is 41.6 Å². The van der Waals surface area contributed by atoms with Crippen molar-refractivity contribution in [1.29, 1.82) is 0 Å².